The molecule has 8 nitrogen and oxygen atoms in total. The molecular weight excluding hydrogens is 332 g/mol. The molecule has 0 radical (unpaired) electrons. The highest BCUT2D eigenvalue weighted by Gasteiger charge is 2.54. The largest absolute Gasteiger partial charge is 0.377 e. The van der Waals surface area contributed by atoms with E-state index in [4.69, 9.17) is 9.26 Å². The molecule has 0 amide bonds. The first-order valence-corrected chi connectivity index (χ1v) is 9.29. The van der Waals surface area contributed by atoms with Gasteiger partial charge in [-0.3, -0.25) is 4.98 Å². The predicted molar refractivity (Wildman–Crippen MR) is 82.7 cm³/mol. The minimum atomic E-state index is -3.61. The van der Waals surface area contributed by atoms with E-state index < -0.39 is 15.4 Å². The number of hydrogen-bond acceptors (Lipinski definition) is 7. The third kappa shape index (κ3) is 2.35. The fourth-order valence-electron chi connectivity index (χ4n) is 3.56. The van der Waals surface area contributed by atoms with Gasteiger partial charge in [-0.15, -0.1) is 0 Å². The van der Waals surface area contributed by atoms with Gasteiger partial charge in [0.1, 0.15) is 4.90 Å². The lowest BCUT2D eigenvalue weighted by molar-refractivity contribution is 0.0276. The first kappa shape index (κ1) is 15.7. The Morgan fingerprint density at radius 2 is 2.29 bits per heavy atom. The zero-order valence-corrected chi connectivity index (χ0v) is 14.1. The Kier molecular flexibility index (Phi) is 3.66. The van der Waals surface area contributed by atoms with E-state index in [1.54, 1.807) is 25.3 Å². The molecule has 2 aromatic rings. The van der Waals surface area contributed by atoms with Gasteiger partial charge in [0.15, 0.2) is 5.82 Å². The van der Waals surface area contributed by atoms with Crippen molar-refractivity contribution in [1.29, 1.82) is 0 Å². The molecule has 9 heteroatoms. The summed E-state index contributed by atoms with van der Waals surface area (Å²) in [7, 11) is -3.61. The Morgan fingerprint density at radius 1 is 1.42 bits per heavy atom. The van der Waals surface area contributed by atoms with E-state index in [-0.39, 0.29) is 17.5 Å². The van der Waals surface area contributed by atoms with Crippen LogP contribution in [0.25, 0.3) is 0 Å². The van der Waals surface area contributed by atoms with E-state index in [0.717, 1.165) is 0 Å². The number of aromatic nitrogens is 3. The van der Waals surface area contributed by atoms with Crippen molar-refractivity contribution in [3.8, 4) is 0 Å². The topological polar surface area (TPSA) is 98.4 Å². The second-order valence-corrected chi connectivity index (χ2v) is 8.17. The van der Waals surface area contributed by atoms with E-state index in [1.165, 1.54) is 10.5 Å². The van der Waals surface area contributed by atoms with Gasteiger partial charge in [0, 0.05) is 32.1 Å². The summed E-state index contributed by atoms with van der Waals surface area (Å²) in [6.45, 7) is 2.99. The lowest BCUT2D eigenvalue weighted by atomic mass is 9.77. The van der Waals surface area contributed by atoms with Crippen LogP contribution in [-0.2, 0) is 20.2 Å². The number of fused-ring (bicyclic) bond motifs is 1. The molecule has 0 bridgehead atoms. The van der Waals surface area contributed by atoms with Crippen LogP contribution in [0.5, 0.6) is 0 Å². The highest BCUT2D eigenvalue weighted by atomic mass is 32.2. The molecule has 128 valence electrons. The van der Waals surface area contributed by atoms with Gasteiger partial charge in [-0.05, 0) is 31.9 Å². The molecule has 0 unspecified atom stereocenters. The molecule has 2 aliphatic heterocycles. The third-order valence-corrected chi connectivity index (χ3v) is 6.64. The van der Waals surface area contributed by atoms with Crippen LogP contribution < -0.4 is 0 Å². The van der Waals surface area contributed by atoms with Crippen LogP contribution in [-0.4, -0.2) is 53.6 Å². The van der Waals surface area contributed by atoms with Crippen molar-refractivity contribution < 1.29 is 17.7 Å². The van der Waals surface area contributed by atoms with E-state index >= 15 is 0 Å². The van der Waals surface area contributed by atoms with Gasteiger partial charge in [-0.1, -0.05) is 5.16 Å². The molecule has 4 heterocycles. The normalized spacial score (nSPS) is 28.0. The first-order chi connectivity index (χ1) is 11.5. The quantitative estimate of drug-likeness (QED) is 0.811. The van der Waals surface area contributed by atoms with E-state index in [0.29, 0.717) is 37.7 Å². The standard InChI is InChI=1S/C15H18N4O4S/c1-11-17-14(23-18-11)15-5-8-22-13(15)4-7-19(10-15)24(20,21)12-3-2-6-16-9-12/h2-3,6,9,13H,4-5,7-8,10H2,1H3/t13-,15-/m0/s1. The highest BCUT2D eigenvalue weighted by molar-refractivity contribution is 7.89. The van der Waals surface area contributed by atoms with Crippen molar-refractivity contribution in [2.24, 2.45) is 0 Å². The summed E-state index contributed by atoms with van der Waals surface area (Å²) in [5, 5.41) is 3.87. The fourth-order valence-corrected chi connectivity index (χ4v) is 5.05. The van der Waals surface area contributed by atoms with Crippen molar-refractivity contribution in [3.05, 3.63) is 36.2 Å². The minimum absolute atomic E-state index is 0.0994. The Morgan fingerprint density at radius 3 is 3.00 bits per heavy atom. The summed E-state index contributed by atoms with van der Waals surface area (Å²) >= 11 is 0. The maximum Gasteiger partial charge on any atom is 0.244 e. The third-order valence-electron chi connectivity index (χ3n) is 4.81. The van der Waals surface area contributed by atoms with Gasteiger partial charge < -0.3 is 9.26 Å². The van der Waals surface area contributed by atoms with E-state index in [9.17, 15) is 8.42 Å². The maximum absolute atomic E-state index is 12.9. The summed E-state index contributed by atoms with van der Waals surface area (Å²) in [5.74, 6) is 1.01. The molecule has 2 aromatic heterocycles. The molecule has 2 fully saturated rings. The van der Waals surface area contributed by atoms with Crippen LogP contribution in [0.2, 0.25) is 0 Å². The summed E-state index contributed by atoms with van der Waals surface area (Å²) in [6, 6.07) is 3.18. The van der Waals surface area contributed by atoms with Crippen LogP contribution in [0.1, 0.15) is 24.6 Å². The number of sulfonamides is 1. The van der Waals surface area contributed by atoms with Gasteiger partial charge in [0.05, 0.1) is 11.5 Å². The van der Waals surface area contributed by atoms with Gasteiger partial charge in [0.2, 0.25) is 15.9 Å². The molecule has 0 aromatic carbocycles. The Hall–Kier alpha value is -1.84. The molecule has 2 atom stereocenters. The lowest BCUT2D eigenvalue weighted by Gasteiger charge is -2.40. The summed E-state index contributed by atoms with van der Waals surface area (Å²) in [6.07, 6.45) is 4.09. The molecule has 2 aliphatic rings. The van der Waals surface area contributed by atoms with Crippen LogP contribution in [0.15, 0.2) is 33.9 Å². The minimum Gasteiger partial charge on any atom is -0.377 e. The molecule has 0 aliphatic carbocycles. The lowest BCUT2D eigenvalue weighted by Crippen LogP contribution is -2.54. The molecule has 0 spiro atoms. The average molecular weight is 350 g/mol. The van der Waals surface area contributed by atoms with Crippen LogP contribution in [0.4, 0.5) is 0 Å². The SMILES string of the molecule is Cc1noc([C@]23CCO[C@H]2CCN(S(=O)(=O)c2cccnc2)C3)n1. The second kappa shape index (κ2) is 5.61. The predicted octanol–water partition coefficient (Wildman–Crippen LogP) is 0.894. The van der Waals surface area contributed by atoms with Crippen LogP contribution in [0.3, 0.4) is 0 Å². The number of pyridine rings is 1. The number of piperidine rings is 1. The Balaban J connectivity index is 1.71. The van der Waals surface area contributed by atoms with Gasteiger partial charge in [-0.2, -0.15) is 9.29 Å². The number of aryl methyl sites for hydroxylation is 1. The molecule has 0 N–H and O–H groups in total. The van der Waals surface area contributed by atoms with Crippen molar-refractivity contribution >= 4 is 10.0 Å². The zero-order valence-electron chi connectivity index (χ0n) is 13.3. The van der Waals surface area contributed by atoms with Crippen molar-refractivity contribution in [2.45, 2.75) is 36.2 Å². The van der Waals surface area contributed by atoms with Crippen molar-refractivity contribution in [2.75, 3.05) is 19.7 Å². The summed E-state index contributed by atoms with van der Waals surface area (Å²) < 4.78 is 38.6. The highest BCUT2D eigenvalue weighted by Crippen LogP contribution is 2.43. The maximum atomic E-state index is 12.9. The number of ether oxygens (including phenoxy) is 1. The number of hydrogen-bond donors (Lipinski definition) is 0. The smallest absolute Gasteiger partial charge is 0.244 e. The summed E-state index contributed by atoms with van der Waals surface area (Å²) in [4.78, 5) is 8.48. The Bertz CT molecular complexity index is 838. The average Bonchev–Trinajstić information content (AvgIpc) is 3.21. The van der Waals surface area contributed by atoms with Gasteiger partial charge >= 0.3 is 0 Å². The molecule has 4 rings (SSSR count). The van der Waals surface area contributed by atoms with Crippen molar-refractivity contribution in [3.63, 3.8) is 0 Å². The first-order valence-electron chi connectivity index (χ1n) is 7.85. The van der Waals surface area contributed by atoms with Gasteiger partial charge in [-0.25, -0.2) is 8.42 Å². The van der Waals surface area contributed by atoms with Gasteiger partial charge in [0.25, 0.3) is 0 Å². The van der Waals surface area contributed by atoms with E-state index in [1.807, 2.05) is 0 Å². The molecule has 0 saturated carbocycles. The Labute approximate surface area is 139 Å². The van der Waals surface area contributed by atoms with Crippen LogP contribution >= 0.6 is 0 Å². The fraction of sp³-hybridized carbons (Fsp3) is 0.533. The van der Waals surface area contributed by atoms with Crippen molar-refractivity contribution in [1.82, 2.24) is 19.4 Å². The monoisotopic (exact) mass is 350 g/mol. The molecule has 24 heavy (non-hydrogen) atoms. The zero-order chi connectivity index (χ0) is 16.8. The number of rotatable bonds is 3. The van der Waals surface area contributed by atoms with Crippen LogP contribution in [0, 0.1) is 6.92 Å². The summed E-state index contributed by atoms with van der Waals surface area (Å²) in [5.41, 5.74) is -0.575. The molecular formula is C15H18N4O4S. The second-order valence-electron chi connectivity index (χ2n) is 6.23. The number of nitrogens with zero attached hydrogens (tertiary/aromatic N) is 4. The molecule has 2 saturated heterocycles. The van der Waals surface area contributed by atoms with E-state index in [2.05, 4.69) is 15.1 Å².